The van der Waals surface area contributed by atoms with Gasteiger partial charge in [-0.15, -0.1) is 0 Å². The third kappa shape index (κ3) is 3.34. The maximum Gasteiger partial charge on any atom is 0.109 e. The summed E-state index contributed by atoms with van der Waals surface area (Å²) in [7, 11) is 4.10. The maximum atomic E-state index is 4.37. The molecule has 3 heteroatoms. The minimum absolute atomic E-state index is 0.533. The molecule has 1 rings (SSSR count). The van der Waals surface area contributed by atoms with E-state index < -0.39 is 0 Å². The summed E-state index contributed by atoms with van der Waals surface area (Å²) in [6.45, 7) is 4.55. The molecule has 0 saturated carbocycles. The highest BCUT2D eigenvalue weighted by molar-refractivity contribution is 4.95. The molecule has 0 aliphatic carbocycles. The topological polar surface area (TPSA) is 29.9 Å². The summed E-state index contributed by atoms with van der Waals surface area (Å²) in [5.41, 5.74) is 0. The molecule has 0 amide bonds. The van der Waals surface area contributed by atoms with Crippen LogP contribution in [0.3, 0.4) is 0 Å². The molecule has 0 fully saturated rings. The molecule has 0 bridgehead atoms. The lowest BCUT2D eigenvalue weighted by molar-refractivity contribution is 0.364. The zero-order valence-corrected chi connectivity index (χ0v) is 10.3. The average Bonchev–Trinajstić information content (AvgIpc) is 2.61. The lowest BCUT2D eigenvalue weighted by Crippen LogP contribution is -2.35. The fraction of sp³-hybridized carbons (Fsp3) is 0.750. The van der Waals surface area contributed by atoms with Gasteiger partial charge in [0.15, 0.2) is 0 Å². The summed E-state index contributed by atoms with van der Waals surface area (Å²) in [5, 5.41) is 3.40. The van der Waals surface area contributed by atoms with Crippen molar-refractivity contribution in [1.82, 2.24) is 14.9 Å². The minimum atomic E-state index is 0.533. The predicted octanol–water partition coefficient (Wildman–Crippen LogP) is 1.99. The van der Waals surface area contributed by atoms with E-state index in [2.05, 4.69) is 35.8 Å². The Morgan fingerprint density at radius 2 is 2.27 bits per heavy atom. The van der Waals surface area contributed by atoms with Gasteiger partial charge in [-0.3, -0.25) is 0 Å². The van der Waals surface area contributed by atoms with Crippen LogP contribution in [0.1, 0.15) is 32.5 Å². The zero-order valence-electron chi connectivity index (χ0n) is 10.3. The Bertz CT molecular complexity index is 280. The molecule has 2 unspecified atom stereocenters. The molecular formula is C12H23N3. The Labute approximate surface area is 92.9 Å². The number of aryl methyl sites for hydroxylation is 1. The SMILES string of the molecule is CCCC(C)C(Cc1nccn1C)NC. The molecule has 3 nitrogen and oxygen atoms in total. The van der Waals surface area contributed by atoms with E-state index in [1.54, 1.807) is 0 Å². The maximum absolute atomic E-state index is 4.37. The summed E-state index contributed by atoms with van der Waals surface area (Å²) < 4.78 is 2.10. The third-order valence-electron chi connectivity index (χ3n) is 3.13. The predicted molar refractivity (Wildman–Crippen MR) is 63.8 cm³/mol. The second-order valence-electron chi connectivity index (χ2n) is 4.32. The van der Waals surface area contributed by atoms with Gasteiger partial charge in [0.1, 0.15) is 5.82 Å². The van der Waals surface area contributed by atoms with Gasteiger partial charge in [0, 0.05) is 31.9 Å². The van der Waals surface area contributed by atoms with Gasteiger partial charge in [0.25, 0.3) is 0 Å². The third-order valence-corrected chi connectivity index (χ3v) is 3.13. The van der Waals surface area contributed by atoms with Gasteiger partial charge in [-0.25, -0.2) is 4.98 Å². The molecule has 0 spiro atoms. The molecular weight excluding hydrogens is 186 g/mol. The van der Waals surface area contributed by atoms with E-state index in [9.17, 15) is 0 Å². The highest BCUT2D eigenvalue weighted by Crippen LogP contribution is 2.14. The molecule has 1 N–H and O–H groups in total. The van der Waals surface area contributed by atoms with Gasteiger partial charge >= 0.3 is 0 Å². The Kier molecular flexibility index (Phi) is 4.82. The van der Waals surface area contributed by atoms with Crippen LogP contribution in [0.4, 0.5) is 0 Å². The van der Waals surface area contributed by atoms with E-state index in [1.165, 1.54) is 12.8 Å². The molecule has 0 aromatic carbocycles. The van der Waals surface area contributed by atoms with Crippen LogP contribution in [0.5, 0.6) is 0 Å². The van der Waals surface area contributed by atoms with Crippen LogP contribution in [-0.4, -0.2) is 22.6 Å². The van der Waals surface area contributed by atoms with Crippen molar-refractivity contribution in [3.05, 3.63) is 18.2 Å². The number of likely N-dealkylation sites (N-methyl/N-ethyl adjacent to an activating group) is 1. The van der Waals surface area contributed by atoms with Crippen molar-refractivity contribution in [3.63, 3.8) is 0 Å². The van der Waals surface area contributed by atoms with E-state index in [-0.39, 0.29) is 0 Å². The van der Waals surface area contributed by atoms with E-state index in [0.717, 1.165) is 12.2 Å². The largest absolute Gasteiger partial charge is 0.338 e. The van der Waals surface area contributed by atoms with Crippen molar-refractivity contribution < 1.29 is 0 Å². The lowest BCUT2D eigenvalue weighted by atomic mass is 9.94. The van der Waals surface area contributed by atoms with Crippen molar-refractivity contribution in [2.24, 2.45) is 13.0 Å². The van der Waals surface area contributed by atoms with Crippen molar-refractivity contribution in [2.75, 3.05) is 7.05 Å². The second-order valence-corrected chi connectivity index (χ2v) is 4.32. The van der Waals surface area contributed by atoms with Crippen LogP contribution < -0.4 is 5.32 Å². The van der Waals surface area contributed by atoms with E-state index in [1.807, 2.05) is 19.4 Å². The van der Waals surface area contributed by atoms with E-state index >= 15 is 0 Å². The number of rotatable bonds is 6. The number of hydrogen-bond donors (Lipinski definition) is 1. The first-order valence-electron chi connectivity index (χ1n) is 5.82. The molecule has 1 heterocycles. The Balaban J connectivity index is 2.57. The first-order valence-corrected chi connectivity index (χ1v) is 5.82. The fourth-order valence-electron chi connectivity index (χ4n) is 2.03. The molecule has 0 aliphatic rings. The molecule has 0 aliphatic heterocycles. The number of aromatic nitrogens is 2. The fourth-order valence-corrected chi connectivity index (χ4v) is 2.03. The van der Waals surface area contributed by atoms with Crippen LogP contribution in [-0.2, 0) is 13.5 Å². The van der Waals surface area contributed by atoms with Crippen LogP contribution in [0.2, 0.25) is 0 Å². The first-order chi connectivity index (χ1) is 7.19. The van der Waals surface area contributed by atoms with Gasteiger partial charge in [-0.1, -0.05) is 20.3 Å². The number of nitrogens with zero attached hydrogens (tertiary/aromatic N) is 2. The van der Waals surface area contributed by atoms with Gasteiger partial charge in [-0.05, 0) is 19.4 Å². The summed E-state index contributed by atoms with van der Waals surface area (Å²) in [4.78, 5) is 4.37. The number of imidazole rings is 1. The molecule has 86 valence electrons. The lowest BCUT2D eigenvalue weighted by Gasteiger charge is -2.22. The standard InChI is InChI=1S/C12H23N3/c1-5-6-10(2)11(13-3)9-12-14-7-8-15(12)4/h7-8,10-11,13H,5-6,9H2,1-4H3. The molecule has 2 atom stereocenters. The highest BCUT2D eigenvalue weighted by Gasteiger charge is 2.16. The quantitative estimate of drug-likeness (QED) is 0.776. The molecule has 0 saturated heterocycles. The van der Waals surface area contributed by atoms with Crippen LogP contribution in [0.15, 0.2) is 12.4 Å². The molecule has 0 radical (unpaired) electrons. The Hall–Kier alpha value is -0.830. The normalized spacial score (nSPS) is 15.2. The van der Waals surface area contributed by atoms with Crippen molar-refractivity contribution >= 4 is 0 Å². The summed E-state index contributed by atoms with van der Waals surface area (Å²) in [5.74, 6) is 1.87. The average molecular weight is 209 g/mol. The number of hydrogen-bond acceptors (Lipinski definition) is 2. The van der Waals surface area contributed by atoms with Gasteiger partial charge < -0.3 is 9.88 Å². The first kappa shape index (κ1) is 12.2. The molecule has 1 aromatic heterocycles. The number of nitrogens with one attached hydrogen (secondary N) is 1. The van der Waals surface area contributed by atoms with Crippen molar-refractivity contribution in [1.29, 1.82) is 0 Å². The highest BCUT2D eigenvalue weighted by atomic mass is 15.0. The van der Waals surface area contributed by atoms with Crippen molar-refractivity contribution in [3.8, 4) is 0 Å². The Morgan fingerprint density at radius 3 is 2.73 bits per heavy atom. The molecule has 1 aromatic rings. The second kappa shape index (κ2) is 5.91. The zero-order chi connectivity index (χ0) is 11.3. The summed E-state index contributed by atoms with van der Waals surface area (Å²) in [6, 6.07) is 0.533. The van der Waals surface area contributed by atoms with E-state index in [0.29, 0.717) is 12.0 Å². The summed E-state index contributed by atoms with van der Waals surface area (Å²) >= 11 is 0. The Morgan fingerprint density at radius 1 is 1.53 bits per heavy atom. The minimum Gasteiger partial charge on any atom is -0.338 e. The van der Waals surface area contributed by atoms with Gasteiger partial charge in [0.05, 0.1) is 0 Å². The molecule has 15 heavy (non-hydrogen) atoms. The monoisotopic (exact) mass is 209 g/mol. The smallest absolute Gasteiger partial charge is 0.109 e. The van der Waals surface area contributed by atoms with E-state index in [4.69, 9.17) is 0 Å². The van der Waals surface area contributed by atoms with Crippen LogP contribution >= 0.6 is 0 Å². The van der Waals surface area contributed by atoms with Gasteiger partial charge in [0.2, 0.25) is 0 Å². The van der Waals surface area contributed by atoms with Crippen LogP contribution in [0.25, 0.3) is 0 Å². The van der Waals surface area contributed by atoms with Gasteiger partial charge in [-0.2, -0.15) is 0 Å². The van der Waals surface area contributed by atoms with Crippen molar-refractivity contribution in [2.45, 2.75) is 39.2 Å². The summed E-state index contributed by atoms with van der Waals surface area (Å²) in [6.07, 6.45) is 7.41. The van der Waals surface area contributed by atoms with Crippen LogP contribution in [0, 0.1) is 5.92 Å².